The van der Waals surface area contributed by atoms with Gasteiger partial charge in [0.05, 0.1) is 4.92 Å². The Morgan fingerprint density at radius 2 is 1.90 bits per heavy atom. The van der Waals surface area contributed by atoms with Gasteiger partial charge in [0.2, 0.25) is 0 Å². The van der Waals surface area contributed by atoms with Gasteiger partial charge in [-0.05, 0) is 29.8 Å². The molecule has 0 heterocycles. The van der Waals surface area contributed by atoms with Gasteiger partial charge in [-0.3, -0.25) is 10.1 Å². The molecule has 0 fully saturated rings. The van der Waals surface area contributed by atoms with E-state index in [2.05, 4.69) is 15.9 Å². The van der Waals surface area contributed by atoms with Crippen LogP contribution in [0.1, 0.15) is 15.9 Å². The minimum Gasteiger partial charge on any atom is -0.457 e. The summed E-state index contributed by atoms with van der Waals surface area (Å²) in [5, 5.41) is 11.1. The number of halogens is 2. The first-order valence-corrected chi connectivity index (χ1v) is 7.00. The molecule has 5 nitrogen and oxygen atoms in total. The molecule has 2 rings (SSSR count). The lowest BCUT2D eigenvalue weighted by molar-refractivity contribution is -0.385. The maximum atomic E-state index is 11.9. The van der Waals surface area contributed by atoms with Crippen LogP contribution in [0.5, 0.6) is 0 Å². The van der Waals surface area contributed by atoms with Crippen molar-refractivity contribution in [1.82, 2.24) is 0 Å². The molecule has 2 aromatic carbocycles. The molecule has 0 N–H and O–H groups in total. The van der Waals surface area contributed by atoms with E-state index in [1.165, 1.54) is 12.1 Å². The second-order valence-electron chi connectivity index (χ2n) is 4.12. The Morgan fingerprint density at radius 1 is 1.24 bits per heavy atom. The normalized spacial score (nSPS) is 10.2. The van der Waals surface area contributed by atoms with Crippen LogP contribution in [0.3, 0.4) is 0 Å². The predicted molar refractivity (Wildman–Crippen MR) is 81.4 cm³/mol. The lowest BCUT2D eigenvalue weighted by Gasteiger charge is -2.06. The zero-order valence-corrected chi connectivity index (χ0v) is 12.9. The first-order valence-electron chi connectivity index (χ1n) is 5.83. The van der Waals surface area contributed by atoms with Crippen molar-refractivity contribution in [2.24, 2.45) is 0 Å². The molecule has 0 atom stereocenters. The fraction of sp³-hybridized carbons (Fsp3) is 0.0714. The first-order chi connectivity index (χ1) is 9.97. The molecule has 0 bridgehead atoms. The van der Waals surface area contributed by atoms with Crippen molar-refractivity contribution in [3.05, 3.63) is 73.2 Å². The van der Waals surface area contributed by atoms with Crippen LogP contribution in [0.15, 0.2) is 46.9 Å². The quantitative estimate of drug-likeness (QED) is 0.455. The third-order valence-electron chi connectivity index (χ3n) is 2.66. The second kappa shape index (κ2) is 6.69. The molecule has 0 saturated heterocycles. The maximum Gasteiger partial charge on any atom is 0.345 e. The molecular formula is C14H9BrClNO4. The van der Waals surface area contributed by atoms with Crippen LogP contribution in [0, 0.1) is 10.1 Å². The number of carbonyl (C=O) groups is 1. The van der Waals surface area contributed by atoms with Gasteiger partial charge in [0.15, 0.2) is 0 Å². The fourth-order valence-corrected chi connectivity index (χ4v) is 2.07. The van der Waals surface area contributed by atoms with E-state index >= 15 is 0 Å². The standard InChI is InChI=1S/C14H9BrClNO4/c15-10-3-1-9(2-4-10)8-21-14(18)12-6-5-11(16)7-13(12)17(19)20/h1-7H,8H2. The molecule has 0 saturated carbocycles. The van der Waals surface area contributed by atoms with Gasteiger partial charge in [-0.25, -0.2) is 4.79 Å². The van der Waals surface area contributed by atoms with Crippen LogP contribution >= 0.6 is 27.5 Å². The number of hydrogen-bond donors (Lipinski definition) is 0. The third kappa shape index (κ3) is 4.03. The van der Waals surface area contributed by atoms with E-state index in [0.717, 1.165) is 16.1 Å². The molecule has 7 heteroatoms. The molecule has 0 aliphatic heterocycles. The van der Waals surface area contributed by atoms with Gasteiger partial charge in [-0.15, -0.1) is 0 Å². The van der Waals surface area contributed by atoms with Gasteiger partial charge in [-0.2, -0.15) is 0 Å². The van der Waals surface area contributed by atoms with Crippen LogP contribution in [0.4, 0.5) is 5.69 Å². The number of esters is 1. The van der Waals surface area contributed by atoms with Crippen molar-refractivity contribution in [3.8, 4) is 0 Å². The Labute approximate surface area is 133 Å². The minimum atomic E-state index is -0.763. The van der Waals surface area contributed by atoms with Gasteiger partial charge in [-0.1, -0.05) is 39.7 Å². The summed E-state index contributed by atoms with van der Waals surface area (Å²) in [5.41, 5.74) is 0.285. The summed E-state index contributed by atoms with van der Waals surface area (Å²) in [6.07, 6.45) is 0. The van der Waals surface area contributed by atoms with Crippen LogP contribution in [-0.4, -0.2) is 10.9 Å². The fourth-order valence-electron chi connectivity index (χ4n) is 1.64. The molecule has 0 amide bonds. The summed E-state index contributed by atoms with van der Waals surface area (Å²) in [6, 6.07) is 11.0. The van der Waals surface area contributed by atoms with Crippen molar-refractivity contribution in [3.63, 3.8) is 0 Å². The number of benzene rings is 2. The van der Waals surface area contributed by atoms with Crippen molar-refractivity contribution in [2.45, 2.75) is 6.61 Å². The van der Waals surface area contributed by atoms with E-state index in [1.54, 1.807) is 12.1 Å². The monoisotopic (exact) mass is 369 g/mol. The average molecular weight is 371 g/mol. The molecule has 2 aromatic rings. The largest absolute Gasteiger partial charge is 0.457 e. The van der Waals surface area contributed by atoms with Gasteiger partial charge in [0.1, 0.15) is 12.2 Å². The first kappa shape index (κ1) is 15.5. The third-order valence-corrected chi connectivity index (χ3v) is 3.42. The summed E-state index contributed by atoms with van der Waals surface area (Å²) in [4.78, 5) is 22.2. The summed E-state index contributed by atoms with van der Waals surface area (Å²) in [6.45, 7) is 0.0336. The molecule has 21 heavy (non-hydrogen) atoms. The average Bonchev–Trinajstić information content (AvgIpc) is 2.46. The lowest BCUT2D eigenvalue weighted by Crippen LogP contribution is -2.08. The molecule has 0 spiro atoms. The minimum absolute atomic E-state index is 0.0336. The summed E-state index contributed by atoms with van der Waals surface area (Å²) in [7, 11) is 0. The summed E-state index contributed by atoms with van der Waals surface area (Å²) >= 11 is 8.99. The van der Waals surface area contributed by atoms with Gasteiger partial charge >= 0.3 is 5.97 Å². The number of hydrogen-bond acceptors (Lipinski definition) is 4. The summed E-state index contributed by atoms with van der Waals surface area (Å²) < 4.78 is 5.99. The Kier molecular flexibility index (Phi) is 4.93. The van der Waals surface area contributed by atoms with Gasteiger partial charge in [0.25, 0.3) is 5.69 Å². The molecule has 0 radical (unpaired) electrons. The SMILES string of the molecule is O=C(OCc1ccc(Br)cc1)c1ccc(Cl)cc1[N+](=O)[O-]. The van der Waals surface area contributed by atoms with E-state index < -0.39 is 10.9 Å². The van der Waals surface area contributed by atoms with Gasteiger partial charge < -0.3 is 4.74 Å². The van der Waals surface area contributed by atoms with Crippen molar-refractivity contribution >= 4 is 39.2 Å². The van der Waals surface area contributed by atoms with E-state index in [4.69, 9.17) is 16.3 Å². The highest BCUT2D eigenvalue weighted by atomic mass is 79.9. The number of nitro benzene ring substituents is 1. The number of ether oxygens (including phenoxy) is 1. The van der Waals surface area contributed by atoms with Crippen molar-refractivity contribution in [2.75, 3.05) is 0 Å². The second-order valence-corrected chi connectivity index (χ2v) is 5.47. The highest BCUT2D eigenvalue weighted by Crippen LogP contribution is 2.24. The number of nitro groups is 1. The molecule has 0 aromatic heterocycles. The summed E-state index contributed by atoms with van der Waals surface area (Å²) in [5.74, 6) is -0.763. The smallest absolute Gasteiger partial charge is 0.345 e. The number of carbonyl (C=O) groups excluding carboxylic acids is 1. The van der Waals surface area contributed by atoms with E-state index in [9.17, 15) is 14.9 Å². The van der Waals surface area contributed by atoms with E-state index in [1.807, 2.05) is 12.1 Å². The zero-order chi connectivity index (χ0) is 15.4. The van der Waals surface area contributed by atoms with E-state index in [0.29, 0.717) is 0 Å². The van der Waals surface area contributed by atoms with Crippen molar-refractivity contribution in [1.29, 1.82) is 0 Å². The Balaban J connectivity index is 2.13. The Hall–Kier alpha value is -1.92. The predicted octanol–water partition coefficient (Wildman–Crippen LogP) is 4.37. The van der Waals surface area contributed by atoms with Gasteiger partial charge in [0, 0.05) is 15.6 Å². The van der Waals surface area contributed by atoms with Crippen LogP contribution in [-0.2, 0) is 11.3 Å². The highest BCUT2D eigenvalue weighted by Gasteiger charge is 2.21. The molecule has 108 valence electrons. The van der Waals surface area contributed by atoms with Crippen LogP contribution in [0.25, 0.3) is 0 Å². The number of rotatable bonds is 4. The Morgan fingerprint density at radius 3 is 2.52 bits per heavy atom. The van der Waals surface area contributed by atoms with Crippen LogP contribution < -0.4 is 0 Å². The highest BCUT2D eigenvalue weighted by molar-refractivity contribution is 9.10. The molecular weight excluding hydrogens is 362 g/mol. The van der Waals surface area contributed by atoms with Crippen LogP contribution in [0.2, 0.25) is 5.02 Å². The molecule has 0 aliphatic rings. The Bertz CT molecular complexity index is 688. The zero-order valence-electron chi connectivity index (χ0n) is 10.6. The number of nitrogens with zero attached hydrogens (tertiary/aromatic N) is 1. The van der Waals surface area contributed by atoms with Crippen molar-refractivity contribution < 1.29 is 14.5 Å². The lowest BCUT2D eigenvalue weighted by atomic mass is 10.2. The maximum absolute atomic E-state index is 11.9. The molecule has 0 aliphatic carbocycles. The van der Waals surface area contributed by atoms with E-state index in [-0.39, 0.29) is 22.9 Å². The molecule has 0 unspecified atom stereocenters. The topological polar surface area (TPSA) is 69.4 Å².